The predicted molar refractivity (Wildman–Crippen MR) is 64.3 cm³/mol. The van der Waals surface area contributed by atoms with E-state index in [1.165, 1.54) is 12.0 Å². The second-order valence-corrected chi connectivity index (χ2v) is 4.64. The van der Waals surface area contributed by atoms with Gasteiger partial charge in [-0.1, -0.05) is 29.8 Å². The summed E-state index contributed by atoms with van der Waals surface area (Å²) in [5, 5.41) is 10.0. The maximum Gasteiger partial charge on any atom is 0.0791 e. The fourth-order valence-electron chi connectivity index (χ4n) is 2.17. The summed E-state index contributed by atoms with van der Waals surface area (Å²) in [5.41, 5.74) is 2.25. The van der Waals surface area contributed by atoms with E-state index in [4.69, 9.17) is 4.74 Å². The third-order valence-electron chi connectivity index (χ3n) is 3.25. The molecular formula is C14H20O2. The van der Waals surface area contributed by atoms with Gasteiger partial charge < -0.3 is 9.84 Å². The topological polar surface area (TPSA) is 29.5 Å². The van der Waals surface area contributed by atoms with E-state index in [1.807, 2.05) is 24.3 Å². The Morgan fingerprint density at radius 3 is 2.75 bits per heavy atom. The number of hydrogen-bond donors (Lipinski definition) is 1. The molecule has 0 aromatic heterocycles. The van der Waals surface area contributed by atoms with Gasteiger partial charge in [-0.2, -0.15) is 0 Å². The first-order valence-corrected chi connectivity index (χ1v) is 6.12. The zero-order chi connectivity index (χ0) is 11.4. The van der Waals surface area contributed by atoms with Gasteiger partial charge in [0.2, 0.25) is 0 Å². The van der Waals surface area contributed by atoms with Crippen LogP contribution in [0.5, 0.6) is 0 Å². The monoisotopic (exact) mass is 220 g/mol. The minimum Gasteiger partial charge on any atom is -0.388 e. The number of aryl methyl sites for hydroxylation is 1. The third kappa shape index (κ3) is 3.06. The van der Waals surface area contributed by atoms with E-state index < -0.39 is 0 Å². The largest absolute Gasteiger partial charge is 0.388 e. The molecule has 1 N–H and O–H groups in total. The fraction of sp³-hybridized carbons (Fsp3) is 0.571. The second kappa shape index (κ2) is 5.46. The number of benzene rings is 1. The van der Waals surface area contributed by atoms with E-state index in [2.05, 4.69) is 6.92 Å². The Hall–Kier alpha value is -0.860. The normalized spacial score (nSPS) is 22.2. The molecule has 2 unspecified atom stereocenters. The second-order valence-electron chi connectivity index (χ2n) is 4.64. The maximum atomic E-state index is 10.0. The molecule has 0 bridgehead atoms. The van der Waals surface area contributed by atoms with Crippen LogP contribution in [0.4, 0.5) is 0 Å². The molecule has 0 amide bonds. The van der Waals surface area contributed by atoms with Crippen LogP contribution in [0.15, 0.2) is 24.3 Å². The number of aliphatic hydroxyl groups is 1. The molecule has 1 heterocycles. The predicted octanol–water partition coefficient (Wildman–Crippen LogP) is 2.99. The van der Waals surface area contributed by atoms with Crippen molar-refractivity contribution in [2.24, 2.45) is 0 Å². The van der Waals surface area contributed by atoms with Gasteiger partial charge in [-0.05, 0) is 38.2 Å². The van der Waals surface area contributed by atoms with E-state index >= 15 is 0 Å². The highest BCUT2D eigenvalue weighted by Crippen LogP contribution is 2.23. The third-order valence-corrected chi connectivity index (χ3v) is 3.25. The van der Waals surface area contributed by atoms with Crippen molar-refractivity contribution in [3.05, 3.63) is 35.4 Å². The number of rotatable bonds is 4. The lowest BCUT2D eigenvalue weighted by molar-refractivity contribution is 0.0812. The van der Waals surface area contributed by atoms with Crippen molar-refractivity contribution >= 4 is 0 Å². The van der Waals surface area contributed by atoms with Gasteiger partial charge in [-0.15, -0.1) is 0 Å². The molecule has 1 aliphatic rings. The molecule has 1 aromatic carbocycles. The Bertz CT molecular complexity index is 312. The van der Waals surface area contributed by atoms with Crippen LogP contribution in [0.1, 0.15) is 42.9 Å². The van der Waals surface area contributed by atoms with Crippen LogP contribution in [0.3, 0.4) is 0 Å². The van der Waals surface area contributed by atoms with Crippen molar-refractivity contribution in [1.82, 2.24) is 0 Å². The molecule has 2 atom stereocenters. The van der Waals surface area contributed by atoms with Crippen LogP contribution in [0.2, 0.25) is 0 Å². The lowest BCUT2D eigenvalue weighted by atomic mass is 10.0. The maximum absolute atomic E-state index is 10.0. The Balaban J connectivity index is 1.82. The first-order chi connectivity index (χ1) is 7.75. The molecule has 2 nitrogen and oxygen atoms in total. The number of aliphatic hydroxyl groups excluding tert-OH is 1. The minimum atomic E-state index is -0.343. The van der Waals surface area contributed by atoms with Crippen molar-refractivity contribution in [1.29, 1.82) is 0 Å². The van der Waals surface area contributed by atoms with Crippen molar-refractivity contribution in [2.75, 3.05) is 6.61 Å². The van der Waals surface area contributed by atoms with Crippen LogP contribution in [-0.4, -0.2) is 17.8 Å². The molecule has 1 fully saturated rings. The van der Waals surface area contributed by atoms with Gasteiger partial charge >= 0.3 is 0 Å². The van der Waals surface area contributed by atoms with Crippen molar-refractivity contribution < 1.29 is 9.84 Å². The standard InChI is InChI=1S/C14H20O2/c1-11-4-6-12(7-5-11)14(15)9-8-13-3-2-10-16-13/h4-7,13-15H,2-3,8-10H2,1H3. The molecule has 0 aliphatic carbocycles. The molecule has 16 heavy (non-hydrogen) atoms. The van der Waals surface area contributed by atoms with E-state index in [-0.39, 0.29) is 6.10 Å². The summed E-state index contributed by atoms with van der Waals surface area (Å²) in [5.74, 6) is 0. The lowest BCUT2D eigenvalue weighted by Gasteiger charge is -2.14. The zero-order valence-electron chi connectivity index (χ0n) is 9.86. The summed E-state index contributed by atoms with van der Waals surface area (Å²) < 4.78 is 5.55. The lowest BCUT2D eigenvalue weighted by Crippen LogP contribution is -2.07. The van der Waals surface area contributed by atoms with Gasteiger partial charge in [0.25, 0.3) is 0 Å². The molecule has 1 aromatic rings. The van der Waals surface area contributed by atoms with Gasteiger partial charge in [0, 0.05) is 6.61 Å². The first-order valence-electron chi connectivity index (χ1n) is 6.12. The van der Waals surface area contributed by atoms with Gasteiger partial charge in [-0.25, -0.2) is 0 Å². The highest BCUT2D eigenvalue weighted by Gasteiger charge is 2.17. The molecule has 2 rings (SSSR count). The summed E-state index contributed by atoms with van der Waals surface area (Å²) in [4.78, 5) is 0. The van der Waals surface area contributed by atoms with E-state index in [0.717, 1.165) is 31.4 Å². The highest BCUT2D eigenvalue weighted by atomic mass is 16.5. The number of ether oxygens (including phenoxy) is 1. The average molecular weight is 220 g/mol. The zero-order valence-corrected chi connectivity index (χ0v) is 9.86. The molecular weight excluding hydrogens is 200 g/mol. The molecule has 1 saturated heterocycles. The van der Waals surface area contributed by atoms with E-state index in [1.54, 1.807) is 0 Å². The number of hydrogen-bond acceptors (Lipinski definition) is 2. The van der Waals surface area contributed by atoms with Gasteiger partial charge in [0.05, 0.1) is 12.2 Å². The Labute approximate surface area is 97.3 Å². The van der Waals surface area contributed by atoms with Gasteiger partial charge in [0.1, 0.15) is 0 Å². The van der Waals surface area contributed by atoms with Crippen LogP contribution >= 0.6 is 0 Å². The fourth-order valence-corrected chi connectivity index (χ4v) is 2.17. The summed E-state index contributed by atoms with van der Waals surface area (Å²) in [6.45, 7) is 2.95. The highest BCUT2D eigenvalue weighted by molar-refractivity contribution is 5.22. The molecule has 0 spiro atoms. The Morgan fingerprint density at radius 1 is 1.38 bits per heavy atom. The SMILES string of the molecule is Cc1ccc(C(O)CCC2CCCO2)cc1. The molecule has 2 heteroatoms. The minimum absolute atomic E-state index is 0.343. The summed E-state index contributed by atoms with van der Waals surface area (Å²) in [7, 11) is 0. The van der Waals surface area contributed by atoms with E-state index in [9.17, 15) is 5.11 Å². The van der Waals surface area contributed by atoms with Crippen LogP contribution in [0, 0.1) is 6.92 Å². The Morgan fingerprint density at radius 2 is 2.12 bits per heavy atom. The quantitative estimate of drug-likeness (QED) is 0.845. The first kappa shape index (κ1) is 11.6. The van der Waals surface area contributed by atoms with Crippen LogP contribution < -0.4 is 0 Å². The Kier molecular flexibility index (Phi) is 3.97. The molecule has 1 aliphatic heterocycles. The average Bonchev–Trinajstić information content (AvgIpc) is 2.80. The van der Waals surface area contributed by atoms with Gasteiger partial charge in [0.15, 0.2) is 0 Å². The summed E-state index contributed by atoms with van der Waals surface area (Å²) in [6.07, 6.45) is 4.12. The van der Waals surface area contributed by atoms with Gasteiger partial charge in [-0.3, -0.25) is 0 Å². The van der Waals surface area contributed by atoms with Crippen molar-refractivity contribution in [2.45, 2.75) is 44.8 Å². The molecule has 0 saturated carbocycles. The van der Waals surface area contributed by atoms with Crippen molar-refractivity contribution in [3.8, 4) is 0 Å². The molecule has 88 valence electrons. The smallest absolute Gasteiger partial charge is 0.0791 e. The van der Waals surface area contributed by atoms with Crippen LogP contribution in [-0.2, 0) is 4.74 Å². The van der Waals surface area contributed by atoms with E-state index in [0.29, 0.717) is 6.10 Å². The van der Waals surface area contributed by atoms with Crippen LogP contribution in [0.25, 0.3) is 0 Å². The summed E-state index contributed by atoms with van der Waals surface area (Å²) >= 11 is 0. The molecule has 0 radical (unpaired) electrons. The van der Waals surface area contributed by atoms with Crippen molar-refractivity contribution in [3.63, 3.8) is 0 Å². The summed E-state index contributed by atoms with van der Waals surface area (Å²) in [6, 6.07) is 8.11.